The first-order valence-corrected chi connectivity index (χ1v) is 7.31. The van der Waals surface area contributed by atoms with Crippen LogP contribution in [0.25, 0.3) is 0 Å². The minimum absolute atomic E-state index is 0.0540. The van der Waals surface area contributed by atoms with Gasteiger partial charge < -0.3 is 10.5 Å². The van der Waals surface area contributed by atoms with Crippen LogP contribution in [0.5, 0.6) is 5.75 Å². The van der Waals surface area contributed by atoms with E-state index in [2.05, 4.69) is 19.1 Å². The maximum absolute atomic E-state index is 13.5. The summed E-state index contributed by atoms with van der Waals surface area (Å²) in [5.74, 6) is 0.381. The summed E-state index contributed by atoms with van der Waals surface area (Å²) >= 11 is 4.82. The first-order chi connectivity index (χ1) is 10.1. The molecule has 0 aliphatic heterocycles. The minimum atomic E-state index is -0.407. The van der Waals surface area contributed by atoms with Crippen LogP contribution in [0.15, 0.2) is 42.5 Å². The highest BCUT2D eigenvalue weighted by atomic mass is 32.1. The molecule has 0 aliphatic carbocycles. The van der Waals surface area contributed by atoms with E-state index in [1.54, 1.807) is 12.1 Å². The van der Waals surface area contributed by atoms with Crippen molar-refractivity contribution in [3.8, 4) is 5.75 Å². The van der Waals surface area contributed by atoms with Crippen LogP contribution >= 0.6 is 12.2 Å². The summed E-state index contributed by atoms with van der Waals surface area (Å²) in [5, 5.41) is 0. The molecule has 2 aromatic carbocycles. The second kappa shape index (κ2) is 7.18. The molecule has 2 nitrogen and oxygen atoms in total. The van der Waals surface area contributed by atoms with Crippen molar-refractivity contribution in [3.63, 3.8) is 0 Å². The highest BCUT2D eigenvalue weighted by Crippen LogP contribution is 2.16. The standard InChI is InChI=1S/C17H18FNOS/c1-2-3-12-4-7-14(8-5-12)20-11-13-6-9-16(18)15(10-13)17(19)21/h4-10H,2-3,11H2,1H3,(H2,19,21). The van der Waals surface area contributed by atoms with Gasteiger partial charge in [-0.05, 0) is 41.8 Å². The molecule has 0 atom stereocenters. The Balaban J connectivity index is 2.02. The van der Waals surface area contributed by atoms with Crippen LogP contribution < -0.4 is 10.5 Å². The lowest BCUT2D eigenvalue weighted by molar-refractivity contribution is 0.306. The van der Waals surface area contributed by atoms with Crippen molar-refractivity contribution in [2.75, 3.05) is 0 Å². The topological polar surface area (TPSA) is 35.2 Å². The number of halogens is 1. The number of rotatable bonds is 6. The molecule has 0 aliphatic rings. The second-order valence-electron chi connectivity index (χ2n) is 4.86. The van der Waals surface area contributed by atoms with Gasteiger partial charge in [0.15, 0.2) is 0 Å². The average Bonchev–Trinajstić information content (AvgIpc) is 2.48. The first kappa shape index (κ1) is 15.4. The third-order valence-corrected chi connectivity index (χ3v) is 3.38. The van der Waals surface area contributed by atoms with Crippen molar-refractivity contribution in [3.05, 3.63) is 65.0 Å². The molecule has 2 rings (SSSR count). The van der Waals surface area contributed by atoms with Crippen LogP contribution in [0.3, 0.4) is 0 Å². The molecule has 0 amide bonds. The normalized spacial score (nSPS) is 10.4. The lowest BCUT2D eigenvalue weighted by atomic mass is 10.1. The van der Waals surface area contributed by atoms with E-state index in [-0.39, 0.29) is 10.6 Å². The van der Waals surface area contributed by atoms with E-state index in [0.717, 1.165) is 24.2 Å². The zero-order valence-corrected chi connectivity index (χ0v) is 12.8. The van der Waals surface area contributed by atoms with Crippen LogP contribution in [0.2, 0.25) is 0 Å². The fraction of sp³-hybridized carbons (Fsp3) is 0.235. The third kappa shape index (κ3) is 4.26. The fourth-order valence-corrected chi connectivity index (χ4v) is 2.22. The van der Waals surface area contributed by atoms with Crippen LogP contribution in [-0.4, -0.2) is 4.99 Å². The number of hydrogen-bond acceptors (Lipinski definition) is 2. The minimum Gasteiger partial charge on any atom is -0.489 e. The lowest BCUT2D eigenvalue weighted by Gasteiger charge is -2.09. The summed E-state index contributed by atoms with van der Waals surface area (Å²) in [6.45, 7) is 2.50. The van der Waals surface area contributed by atoms with Gasteiger partial charge in [0.1, 0.15) is 23.2 Å². The monoisotopic (exact) mass is 303 g/mol. The zero-order chi connectivity index (χ0) is 15.2. The molecule has 0 unspecified atom stereocenters. The van der Waals surface area contributed by atoms with Crippen molar-refractivity contribution >= 4 is 17.2 Å². The van der Waals surface area contributed by atoms with E-state index < -0.39 is 5.82 Å². The summed E-state index contributed by atoms with van der Waals surface area (Å²) in [4.78, 5) is 0.0540. The van der Waals surface area contributed by atoms with E-state index in [9.17, 15) is 4.39 Å². The Labute approximate surface area is 129 Å². The maximum Gasteiger partial charge on any atom is 0.133 e. The molecule has 0 heterocycles. The highest BCUT2D eigenvalue weighted by molar-refractivity contribution is 7.80. The van der Waals surface area contributed by atoms with Crippen LogP contribution in [0, 0.1) is 5.82 Å². The molecule has 4 heteroatoms. The van der Waals surface area contributed by atoms with Gasteiger partial charge in [-0.3, -0.25) is 0 Å². The summed E-state index contributed by atoms with van der Waals surface area (Å²) in [6, 6.07) is 12.7. The number of hydrogen-bond donors (Lipinski definition) is 1. The number of aryl methyl sites for hydroxylation is 1. The Hall–Kier alpha value is -1.94. The fourth-order valence-electron chi connectivity index (χ4n) is 2.06. The third-order valence-electron chi connectivity index (χ3n) is 3.16. The number of thiocarbonyl (C=S) groups is 1. The van der Waals surface area contributed by atoms with E-state index >= 15 is 0 Å². The van der Waals surface area contributed by atoms with Gasteiger partial charge in [0, 0.05) is 5.56 Å². The Morgan fingerprint density at radius 1 is 1.14 bits per heavy atom. The van der Waals surface area contributed by atoms with Gasteiger partial charge in [-0.2, -0.15) is 0 Å². The van der Waals surface area contributed by atoms with Gasteiger partial charge in [-0.1, -0.05) is 43.8 Å². The van der Waals surface area contributed by atoms with Gasteiger partial charge in [0.2, 0.25) is 0 Å². The van der Waals surface area contributed by atoms with Crippen molar-refractivity contribution in [1.82, 2.24) is 0 Å². The Bertz CT molecular complexity index is 625. The largest absolute Gasteiger partial charge is 0.489 e. The quantitative estimate of drug-likeness (QED) is 0.820. The second-order valence-corrected chi connectivity index (χ2v) is 5.30. The van der Waals surface area contributed by atoms with Crippen LogP contribution in [0.4, 0.5) is 4.39 Å². The summed E-state index contributed by atoms with van der Waals surface area (Å²) in [7, 11) is 0. The summed E-state index contributed by atoms with van der Waals surface area (Å²) in [5.41, 5.74) is 7.86. The Kier molecular flexibility index (Phi) is 5.28. The van der Waals surface area contributed by atoms with Gasteiger partial charge in [-0.25, -0.2) is 4.39 Å². The van der Waals surface area contributed by atoms with Crippen LogP contribution in [0.1, 0.15) is 30.0 Å². The molecular weight excluding hydrogens is 285 g/mol. The van der Waals surface area contributed by atoms with Gasteiger partial charge in [0.25, 0.3) is 0 Å². The molecule has 0 fully saturated rings. The lowest BCUT2D eigenvalue weighted by Crippen LogP contribution is -2.12. The molecular formula is C17H18FNOS. The van der Waals surface area contributed by atoms with Crippen LogP contribution in [-0.2, 0) is 13.0 Å². The molecule has 21 heavy (non-hydrogen) atoms. The smallest absolute Gasteiger partial charge is 0.133 e. The van der Waals surface area contributed by atoms with Crippen molar-refractivity contribution < 1.29 is 9.13 Å². The van der Waals surface area contributed by atoms with E-state index in [4.69, 9.17) is 22.7 Å². The maximum atomic E-state index is 13.5. The molecule has 0 aromatic heterocycles. The summed E-state index contributed by atoms with van der Waals surface area (Å²) < 4.78 is 19.2. The van der Waals surface area contributed by atoms with Gasteiger partial charge in [0.05, 0.1) is 0 Å². The van der Waals surface area contributed by atoms with Crippen molar-refractivity contribution in [1.29, 1.82) is 0 Å². The van der Waals surface area contributed by atoms with Gasteiger partial charge in [-0.15, -0.1) is 0 Å². The average molecular weight is 303 g/mol. The molecule has 2 N–H and O–H groups in total. The molecule has 0 saturated heterocycles. The predicted octanol–water partition coefficient (Wildman–Crippen LogP) is 3.99. The molecule has 2 aromatic rings. The zero-order valence-electron chi connectivity index (χ0n) is 11.9. The van der Waals surface area contributed by atoms with Crippen molar-refractivity contribution in [2.45, 2.75) is 26.4 Å². The molecule has 0 spiro atoms. The Morgan fingerprint density at radius 2 is 1.81 bits per heavy atom. The molecule has 0 saturated carbocycles. The SMILES string of the molecule is CCCc1ccc(OCc2ccc(F)c(C(N)=S)c2)cc1. The molecule has 0 bridgehead atoms. The van der Waals surface area contributed by atoms with E-state index in [1.807, 2.05) is 12.1 Å². The van der Waals surface area contributed by atoms with E-state index in [0.29, 0.717) is 6.61 Å². The number of ether oxygens (including phenoxy) is 1. The molecule has 0 radical (unpaired) electrons. The number of nitrogens with two attached hydrogens (primary N) is 1. The van der Waals surface area contributed by atoms with E-state index in [1.165, 1.54) is 11.6 Å². The number of benzene rings is 2. The van der Waals surface area contributed by atoms with Crippen molar-refractivity contribution in [2.24, 2.45) is 5.73 Å². The summed E-state index contributed by atoms with van der Waals surface area (Å²) in [6.07, 6.45) is 2.19. The van der Waals surface area contributed by atoms with Gasteiger partial charge >= 0.3 is 0 Å². The molecule has 110 valence electrons. The first-order valence-electron chi connectivity index (χ1n) is 6.90. The Morgan fingerprint density at radius 3 is 2.43 bits per heavy atom. The highest BCUT2D eigenvalue weighted by Gasteiger charge is 2.06. The predicted molar refractivity (Wildman–Crippen MR) is 87.1 cm³/mol.